The van der Waals surface area contributed by atoms with Crippen LogP contribution in [0.15, 0.2) is 42.6 Å². The van der Waals surface area contributed by atoms with Gasteiger partial charge >= 0.3 is 6.03 Å². The number of pyridine rings is 1. The summed E-state index contributed by atoms with van der Waals surface area (Å²) in [4.78, 5) is 15.9. The van der Waals surface area contributed by atoms with Crippen molar-refractivity contribution in [3.8, 4) is 0 Å². The number of aromatic nitrogens is 1. The van der Waals surface area contributed by atoms with Crippen LogP contribution in [-0.4, -0.2) is 11.0 Å². The van der Waals surface area contributed by atoms with E-state index in [1.807, 2.05) is 37.3 Å². The Hall–Kier alpha value is -2.07. The Labute approximate surface area is 116 Å². The van der Waals surface area contributed by atoms with Crippen LogP contribution in [0.5, 0.6) is 0 Å². The number of aryl methyl sites for hydroxylation is 1. The van der Waals surface area contributed by atoms with Crippen LogP contribution in [0.4, 0.5) is 10.5 Å². The number of carbonyl (C=O) groups excluding carboxylic acids is 1. The molecule has 2 rings (SSSR count). The van der Waals surface area contributed by atoms with Crippen LogP contribution in [0.25, 0.3) is 0 Å². The highest BCUT2D eigenvalue weighted by atomic mass is 35.5. The minimum Gasteiger partial charge on any atom is -0.332 e. The van der Waals surface area contributed by atoms with E-state index in [0.717, 1.165) is 11.3 Å². The number of carbonyl (C=O) groups is 1. The number of rotatable bonds is 3. The van der Waals surface area contributed by atoms with Gasteiger partial charge in [0.1, 0.15) is 0 Å². The lowest BCUT2D eigenvalue weighted by atomic mass is 10.2. The van der Waals surface area contributed by atoms with Gasteiger partial charge in [-0.05, 0) is 30.7 Å². The summed E-state index contributed by atoms with van der Waals surface area (Å²) in [6.07, 6.45) is 1.69. The second kappa shape index (κ2) is 6.20. The molecular weight excluding hydrogens is 262 g/mol. The molecule has 19 heavy (non-hydrogen) atoms. The molecule has 0 aliphatic carbocycles. The van der Waals surface area contributed by atoms with Crippen LogP contribution in [0.1, 0.15) is 11.3 Å². The fraction of sp³-hybridized carbons (Fsp3) is 0.143. The van der Waals surface area contributed by atoms with Gasteiger partial charge in [-0.3, -0.25) is 4.98 Å². The molecular formula is C14H14ClN3O. The molecule has 1 aromatic heterocycles. The minimum atomic E-state index is -0.304. The molecule has 2 aromatic rings. The quantitative estimate of drug-likeness (QED) is 0.902. The molecule has 1 aromatic carbocycles. The van der Waals surface area contributed by atoms with Crippen LogP contribution in [0.3, 0.4) is 0 Å². The molecule has 0 aliphatic heterocycles. The molecule has 0 unspecified atom stereocenters. The third kappa shape index (κ3) is 3.69. The van der Waals surface area contributed by atoms with Crippen molar-refractivity contribution in [3.05, 3.63) is 58.9 Å². The van der Waals surface area contributed by atoms with Gasteiger partial charge in [-0.2, -0.15) is 0 Å². The second-order valence-electron chi connectivity index (χ2n) is 4.06. The zero-order chi connectivity index (χ0) is 13.7. The molecule has 5 heteroatoms. The van der Waals surface area contributed by atoms with Gasteiger partial charge in [0.25, 0.3) is 0 Å². The molecule has 0 atom stereocenters. The lowest BCUT2D eigenvalue weighted by Gasteiger charge is -2.11. The summed E-state index contributed by atoms with van der Waals surface area (Å²) in [5, 5.41) is 5.99. The lowest BCUT2D eigenvalue weighted by molar-refractivity contribution is 0.251. The van der Waals surface area contributed by atoms with Gasteiger partial charge < -0.3 is 10.6 Å². The van der Waals surface area contributed by atoms with E-state index in [1.54, 1.807) is 12.3 Å². The van der Waals surface area contributed by atoms with Gasteiger partial charge in [-0.1, -0.05) is 29.8 Å². The summed E-state index contributed by atoms with van der Waals surface area (Å²) in [5.74, 6) is 0. The fourth-order valence-corrected chi connectivity index (χ4v) is 1.89. The van der Waals surface area contributed by atoms with E-state index in [4.69, 9.17) is 11.6 Å². The minimum absolute atomic E-state index is 0.304. The molecule has 2 N–H and O–H groups in total. The van der Waals surface area contributed by atoms with Crippen LogP contribution >= 0.6 is 11.6 Å². The van der Waals surface area contributed by atoms with Gasteiger partial charge in [0.05, 0.1) is 22.9 Å². The predicted octanol–water partition coefficient (Wildman–Crippen LogP) is 3.37. The largest absolute Gasteiger partial charge is 0.332 e. The predicted molar refractivity (Wildman–Crippen MR) is 76.3 cm³/mol. The van der Waals surface area contributed by atoms with Gasteiger partial charge in [0.2, 0.25) is 0 Å². The SMILES string of the molecule is Cc1cccc(Cl)c1NC(=O)NCc1ccccn1. The number of hydrogen-bond acceptors (Lipinski definition) is 2. The molecule has 0 aliphatic rings. The van der Waals surface area contributed by atoms with E-state index in [9.17, 15) is 4.79 Å². The molecule has 0 saturated carbocycles. The Morgan fingerprint density at radius 3 is 2.79 bits per heavy atom. The summed E-state index contributed by atoms with van der Waals surface area (Å²) < 4.78 is 0. The fourth-order valence-electron chi connectivity index (χ4n) is 1.62. The molecule has 98 valence electrons. The van der Waals surface area contributed by atoms with Crippen molar-refractivity contribution in [1.82, 2.24) is 10.3 Å². The molecule has 4 nitrogen and oxygen atoms in total. The Balaban J connectivity index is 1.95. The van der Waals surface area contributed by atoms with Crippen molar-refractivity contribution in [3.63, 3.8) is 0 Å². The van der Waals surface area contributed by atoms with E-state index in [0.29, 0.717) is 17.3 Å². The highest BCUT2D eigenvalue weighted by molar-refractivity contribution is 6.33. The molecule has 1 heterocycles. The number of nitrogens with zero attached hydrogens (tertiary/aromatic N) is 1. The molecule has 0 spiro atoms. The van der Waals surface area contributed by atoms with E-state index in [2.05, 4.69) is 15.6 Å². The maximum Gasteiger partial charge on any atom is 0.319 e. The number of para-hydroxylation sites is 1. The highest BCUT2D eigenvalue weighted by Gasteiger charge is 2.07. The number of anilines is 1. The maximum atomic E-state index is 11.8. The number of amides is 2. The van der Waals surface area contributed by atoms with E-state index < -0.39 is 0 Å². The first-order valence-electron chi connectivity index (χ1n) is 5.86. The van der Waals surface area contributed by atoms with Crippen LogP contribution < -0.4 is 10.6 Å². The molecule has 0 radical (unpaired) electrons. The number of urea groups is 1. The highest BCUT2D eigenvalue weighted by Crippen LogP contribution is 2.24. The average molecular weight is 276 g/mol. The topological polar surface area (TPSA) is 54.0 Å². The van der Waals surface area contributed by atoms with E-state index >= 15 is 0 Å². The Bertz CT molecular complexity index is 552. The number of halogens is 1. The maximum absolute atomic E-state index is 11.8. The van der Waals surface area contributed by atoms with Crippen LogP contribution in [0.2, 0.25) is 5.02 Å². The van der Waals surface area contributed by atoms with Crippen molar-refractivity contribution in [2.45, 2.75) is 13.5 Å². The van der Waals surface area contributed by atoms with Crippen molar-refractivity contribution in [2.75, 3.05) is 5.32 Å². The first kappa shape index (κ1) is 13.4. The normalized spacial score (nSPS) is 10.0. The van der Waals surface area contributed by atoms with Gasteiger partial charge in [-0.15, -0.1) is 0 Å². The van der Waals surface area contributed by atoms with E-state index in [1.165, 1.54) is 0 Å². The summed E-state index contributed by atoms with van der Waals surface area (Å²) in [7, 11) is 0. The standard InChI is InChI=1S/C14H14ClN3O/c1-10-5-4-7-12(15)13(10)18-14(19)17-9-11-6-2-3-8-16-11/h2-8H,9H2,1H3,(H2,17,18,19). The van der Waals surface area contributed by atoms with Crippen molar-refractivity contribution in [2.24, 2.45) is 0 Å². The van der Waals surface area contributed by atoms with Crippen molar-refractivity contribution >= 4 is 23.3 Å². The number of nitrogens with one attached hydrogen (secondary N) is 2. The molecule has 0 saturated heterocycles. The lowest BCUT2D eigenvalue weighted by Crippen LogP contribution is -2.28. The monoisotopic (exact) mass is 275 g/mol. The van der Waals surface area contributed by atoms with E-state index in [-0.39, 0.29) is 6.03 Å². The van der Waals surface area contributed by atoms with Gasteiger partial charge in [0.15, 0.2) is 0 Å². The van der Waals surface area contributed by atoms with Gasteiger partial charge in [0, 0.05) is 6.20 Å². The Kier molecular flexibility index (Phi) is 4.36. The molecule has 0 fully saturated rings. The van der Waals surface area contributed by atoms with Crippen LogP contribution in [0, 0.1) is 6.92 Å². The molecule has 0 bridgehead atoms. The molecule has 2 amide bonds. The Morgan fingerprint density at radius 1 is 1.26 bits per heavy atom. The first-order chi connectivity index (χ1) is 9.16. The van der Waals surface area contributed by atoms with Crippen molar-refractivity contribution < 1.29 is 4.79 Å². The first-order valence-corrected chi connectivity index (χ1v) is 6.24. The average Bonchev–Trinajstić information content (AvgIpc) is 2.42. The Morgan fingerprint density at radius 2 is 2.11 bits per heavy atom. The third-order valence-corrected chi connectivity index (χ3v) is 2.93. The smallest absolute Gasteiger partial charge is 0.319 e. The van der Waals surface area contributed by atoms with Crippen LogP contribution in [-0.2, 0) is 6.54 Å². The summed E-state index contributed by atoms with van der Waals surface area (Å²) >= 11 is 6.04. The van der Waals surface area contributed by atoms with Crippen molar-refractivity contribution in [1.29, 1.82) is 0 Å². The third-order valence-electron chi connectivity index (χ3n) is 2.62. The summed E-state index contributed by atoms with van der Waals surface area (Å²) in [5.41, 5.74) is 2.34. The number of hydrogen-bond donors (Lipinski definition) is 2. The summed E-state index contributed by atoms with van der Waals surface area (Å²) in [6, 6.07) is 10.7. The van der Waals surface area contributed by atoms with Gasteiger partial charge in [-0.25, -0.2) is 4.79 Å². The zero-order valence-electron chi connectivity index (χ0n) is 10.5. The number of benzene rings is 1. The second-order valence-corrected chi connectivity index (χ2v) is 4.47. The zero-order valence-corrected chi connectivity index (χ0v) is 11.2. The summed E-state index contributed by atoms with van der Waals surface area (Å²) in [6.45, 7) is 2.26.